The van der Waals surface area contributed by atoms with E-state index in [2.05, 4.69) is 5.32 Å². The maximum Gasteiger partial charge on any atom is 0.240 e. The Morgan fingerprint density at radius 3 is 2.38 bits per heavy atom. The number of amides is 1. The summed E-state index contributed by atoms with van der Waals surface area (Å²) in [5.74, 6) is -0.0163. The molecule has 0 spiro atoms. The van der Waals surface area contributed by atoms with Crippen LogP contribution in [-0.2, 0) is 9.53 Å². The second-order valence-electron chi connectivity index (χ2n) is 4.58. The number of ether oxygens (including phenoxy) is 1. The van der Waals surface area contributed by atoms with E-state index in [4.69, 9.17) is 10.5 Å². The van der Waals surface area contributed by atoms with Crippen LogP contribution in [0.5, 0.6) is 0 Å². The fraction of sp³-hybridized carbons (Fsp3) is 0.917. The van der Waals surface area contributed by atoms with Crippen LogP contribution in [0, 0.1) is 0 Å². The largest absolute Gasteiger partial charge is 0.378 e. The highest BCUT2D eigenvalue weighted by Gasteiger charge is 2.36. The van der Waals surface area contributed by atoms with E-state index in [0.717, 1.165) is 19.4 Å². The van der Waals surface area contributed by atoms with Crippen molar-refractivity contribution in [3.05, 3.63) is 0 Å². The maximum atomic E-state index is 11.9. The number of carbonyl (C=O) groups excluding carboxylic acids is 1. The van der Waals surface area contributed by atoms with E-state index in [1.54, 1.807) is 0 Å². The molecule has 3 N–H and O–H groups in total. The molecule has 0 unspecified atom stereocenters. The van der Waals surface area contributed by atoms with Gasteiger partial charge in [0.2, 0.25) is 5.91 Å². The zero-order valence-electron chi connectivity index (χ0n) is 10.6. The zero-order valence-corrected chi connectivity index (χ0v) is 10.6. The fourth-order valence-corrected chi connectivity index (χ4v) is 1.96. The molecule has 1 rings (SSSR count). The van der Waals surface area contributed by atoms with Crippen molar-refractivity contribution in [1.29, 1.82) is 0 Å². The van der Waals surface area contributed by atoms with Crippen molar-refractivity contribution in [1.82, 2.24) is 5.32 Å². The smallest absolute Gasteiger partial charge is 0.240 e. The van der Waals surface area contributed by atoms with E-state index in [-0.39, 0.29) is 11.9 Å². The van der Waals surface area contributed by atoms with Crippen LogP contribution in [-0.4, -0.2) is 30.2 Å². The molecule has 0 saturated heterocycles. The number of hydrogen-bond acceptors (Lipinski definition) is 3. The Labute approximate surface area is 97.9 Å². The first-order valence-corrected chi connectivity index (χ1v) is 6.27. The minimum absolute atomic E-state index is 0.0163. The summed E-state index contributed by atoms with van der Waals surface area (Å²) >= 11 is 0. The van der Waals surface area contributed by atoms with E-state index in [1.807, 2.05) is 20.8 Å². The molecule has 0 bridgehead atoms. The molecule has 1 aliphatic carbocycles. The molecule has 0 atom stereocenters. The molecule has 16 heavy (non-hydrogen) atoms. The van der Waals surface area contributed by atoms with Crippen molar-refractivity contribution < 1.29 is 9.53 Å². The van der Waals surface area contributed by atoms with Crippen molar-refractivity contribution in [2.45, 2.75) is 64.1 Å². The first-order chi connectivity index (χ1) is 7.55. The van der Waals surface area contributed by atoms with Gasteiger partial charge in [0, 0.05) is 12.6 Å². The summed E-state index contributed by atoms with van der Waals surface area (Å²) in [5.41, 5.74) is 5.32. The van der Waals surface area contributed by atoms with Gasteiger partial charge in [0.15, 0.2) is 0 Å². The van der Waals surface area contributed by atoms with Gasteiger partial charge in [-0.3, -0.25) is 4.79 Å². The molecule has 0 heterocycles. The molecule has 1 amide bonds. The van der Waals surface area contributed by atoms with Crippen LogP contribution < -0.4 is 11.1 Å². The van der Waals surface area contributed by atoms with Crippen LogP contribution in [0.3, 0.4) is 0 Å². The Morgan fingerprint density at radius 2 is 1.94 bits per heavy atom. The van der Waals surface area contributed by atoms with E-state index in [1.165, 1.54) is 0 Å². The zero-order chi connectivity index (χ0) is 12.2. The molecule has 1 aliphatic rings. The monoisotopic (exact) mass is 228 g/mol. The molecule has 1 saturated carbocycles. The molecule has 94 valence electrons. The Morgan fingerprint density at radius 1 is 1.38 bits per heavy atom. The SMILES string of the molecule is CCOC1CC(NC(=O)C(N)(CC)CC)C1. The van der Waals surface area contributed by atoms with Gasteiger partial charge in [-0.2, -0.15) is 0 Å². The minimum Gasteiger partial charge on any atom is -0.378 e. The first-order valence-electron chi connectivity index (χ1n) is 6.27. The summed E-state index contributed by atoms with van der Waals surface area (Å²) in [6.45, 7) is 6.64. The summed E-state index contributed by atoms with van der Waals surface area (Å²) < 4.78 is 5.45. The third-order valence-corrected chi connectivity index (χ3v) is 3.55. The Balaban J connectivity index is 2.31. The van der Waals surface area contributed by atoms with Gasteiger partial charge >= 0.3 is 0 Å². The molecule has 1 fully saturated rings. The first kappa shape index (κ1) is 13.5. The van der Waals surface area contributed by atoms with Crippen LogP contribution >= 0.6 is 0 Å². The van der Waals surface area contributed by atoms with Crippen LogP contribution in [0.4, 0.5) is 0 Å². The van der Waals surface area contributed by atoms with Crippen LogP contribution in [0.2, 0.25) is 0 Å². The Kier molecular flexibility index (Phi) is 4.74. The third-order valence-electron chi connectivity index (χ3n) is 3.55. The van der Waals surface area contributed by atoms with Crippen molar-refractivity contribution in [2.75, 3.05) is 6.61 Å². The third kappa shape index (κ3) is 2.95. The summed E-state index contributed by atoms with van der Waals surface area (Å²) in [6.07, 6.45) is 3.52. The molecule has 0 radical (unpaired) electrons. The lowest BCUT2D eigenvalue weighted by molar-refractivity contribution is -0.129. The van der Waals surface area contributed by atoms with E-state index in [0.29, 0.717) is 18.9 Å². The normalized spacial score (nSPS) is 25.0. The average Bonchev–Trinajstić information content (AvgIpc) is 2.25. The topological polar surface area (TPSA) is 64.3 Å². The van der Waals surface area contributed by atoms with Gasteiger partial charge < -0.3 is 15.8 Å². The molecule has 0 aliphatic heterocycles. The van der Waals surface area contributed by atoms with Gasteiger partial charge in [-0.25, -0.2) is 0 Å². The lowest BCUT2D eigenvalue weighted by Crippen LogP contribution is -2.58. The molecule has 0 aromatic rings. The van der Waals surface area contributed by atoms with Crippen molar-refractivity contribution >= 4 is 5.91 Å². The Hall–Kier alpha value is -0.610. The van der Waals surface area contributed by atoms with E-state index < -0.39 is 5.54 Å². The molecular weight excluding hydrogens is 204 g/mol. The van der Waals surface area contributed by atoms with Gasteiger partial charge in [0.05, 0.1) is 11.6 Å². The average molecular weight is 228 g/mol. The van der Waals surface area contributed by atoms with Crippen LogP contribution in [0.15, 0.2) is 0 Å². The fourth-order valence-electron chi connectivity index (χ4n) is 1.96. The maximum absolute atomic E-state index is 11.9. The highest BCUT2D eigenvalue weighted by atomic mass is 16.5. The second kappa shape index (κ2) is 5.64. The van der Waals surface area contributed by atoms with Gasteiger partial charge in [0.25, 0.3) is 0 Å². The standard InChI is InChI=1S/C12H24N2O2/c1-4-12(13,5-2)11(15)14-9-7-10(8-9)16-6-3/h9-10H,4-8,13H2,1-3H3,(H,14,15). The lowest BCUT2D eigenvalue weighted by Gasteiger charge is -2.37. The van der Waals surface area contributed by atoms with Gasteiger partial charge in [0.1, 0.15) is 0 Å². The lowest BCUT2D eigenvalue weighted by atomic mass is 9.87. The van der Waals surface area contributed by atoms with Crippen LogP contribution in [0.1, 0.15) is 46.5 Å². The predicted octanol–water partition coefficient (Wildman–Crippen LogP) is 1.19. The minimum atomic E-state index is -0.698. The quantitative estimate of drug-likeness (QED) is 0.717. The number of rotatable bonds is 6. The number of nitrogens with two attached hydrogens (primary N) is 1. The summed E-state index contributed by atoms with van der Waals surface area (Å²) in [6, 6.07) is 0.255. The van der Waals surface area contributed by atoms with E-state index >= 15 is 0 Å². The molecule has 0 aromatic carbocycles. The Bertz CT molecular complexity index is 233. The van der Waals surface area contributed by atoms with Crippen LogP contribution in [0.25, 0.3) is 0 Å². The number of hydrogen-bond donors (Lipinski definition) is 2. The molecule has 0 aromatic heterocycles. The number of nitrogens with one attached hydrogen (secondary N) is 1. The van der Waals surface area contributed by atoms with Crippen molar-refractivity contribution in [2.24, 2.45) is 5.73 Å². The summed E-state index contributed by atoms with van der Waals surface area (Å²) in [7, 11) is 0. The van der Waals surface area contributed by atoms with E-state index in [9.17, 15) is 4.79 Å². The summed E-state index contributed by atoms with van der Waals surface area (Å²) in [5, 5.41) is 3.00. The van der Waals surface area contributed by atoms with Gasteiger partial charge in [-0.15, -0.1) is 0 Å². The van der Waals surface area contributed by atoms with Crippen molar-refractivity contribution in [3.8, 4) is 0 Å². The number of carbonyl (C=O) groups is 1. The predicted molar refractivity (Wildman–Crippen MR) is 64.1 cm³/mol. The summed E-state index contributed by atoms with van der Waals surface area (Å²) in [4.78, 5) is 11.9. The van der Waals surface area contributed by atoms with Gasteiger partial charge in [-0.05, 0) is 32.6 Å². The second-order valence-corrected chi connectivity index (χ2v) is 4.58. The highest BCUT2D eigenvalue weighted by molar-refractivity contribution is 5.86. The van der Waals surface area contributed by atoms with Crippen molar-refractivity contribution in [3.63, 3.8) is 0 Å². The molecule has 4 nitrogen and oxygen atoms in total. The molecular formula is C12H24N2O2. The van der Waals surface area contributed by atoms with Gasteiger partial charge in [-0.1, -0.05) is 13.8 Å². The molecule has 4 heteroatoms. The highest BCUT2D eigenvalue weighted by Crippen LogP contribution is 2.24.